The Morgan fingerprint density at radius 2 is 0.357 bits per heavy atom. The molecule has 0 heterocycles. The first-order chi connectivity index (χ1) is 48.0. The van der Waals surface area contributed by atoms with Gasteiger partial charge in [-0.2, -0.15) is 0 Å². The van der Waals surface area contributed by atoms with Gasteiger partial charge in [-0.15, -0.1) is 0 Å². The smallest absolute Gasteiger partial charge is 0.00992 e. The fourth-order valence-electron chi connectivity index (χ4n) is 11.1. The van der Waals surface area contributed by atoms with Crippen LogP contribution in [0.3, 0.4) is 0 Å². The molecule has 0 aromatic heterocycles. The molecule has 0 N–H and O–H groups in total. The van der Waals surface area contributed by atoms with Gasteiger partial charge in [-0.05, 0) is 163 Å². The van der Waals surface area contributed by atoms with Crippen molar-refractivity contribution in [1.29, 1.82) is 0 Å². The average molecular weight is 1280 g/mol. The van der Waals surface area contributed by atoms with E-state index in [0.29, 0.717) is 0 Å². The van der Waals surface area contributed by atoms with Crippen LogP contribution in [0.25, 0.3) is 112 Å². The number of aryl methyl sites for hydroxylation is 6. The van der Waals surface area contributed by atoms with E-state index in [1.807, 2.05) is 55.4 Å². The third-order valence-corrected chi connectivity index (χ3v) is 16.3. The number of rotatable bonds is 7. The van der Waals surface area contributed by atoms with Gasteiger partial charge in [0.2, 0.25) is 0 Å². The topological polar surface area (TPSA) is 0 Å². The third-order valence-electron chi connectivity index (χ3n) is 16.3. The molecule has 98 heavy (non-hydrogen) atoms. The number of benzene rings is 15. The summed E-state index contributed by atoms with van der Waals surface area (Å²) in [5.74, 6) is 0. The van der Waals surface area contributed by atoms with Crippen molar-refractivity contribution < 1.29 is 0 Å². The molecule has 0 aliphatic heterocycles. The van der Waals surface area contributed by atoms with Crippen molar-refractivity contribution in [2.24, 2.45) is 0 Å². The molecule has 0 aliphatic rings. The highest BCUT2D eigenvalue weighted by molar-refractivity contribution is 6.08. The molecular formula is C98H100. The Labute approximate surface area is 587 Å². The molecule has 0 amide bonds. The second-order valence-electron chi connectivity index (χ2n) is 23.4. The van der Waals surface area contributed by atoms with Crippen molar-refractivity contribution in [2.75, 3.05) is 0 Å². The largest absolute Gasteiger partial charge is 0.0683 e. The summed E-state index contributed by atoms with van der Waals surface area (Å²) in [6.45, 7) is 28.7. The second-order valence-corrected chi connectivity index (χ2v) is 23.4. The normalized spacial score (nSPS) is 10.4. The zero-order valence-electron chi connectivity index (χ0n) is 60.5. The van der Waals surface area contributed by atoms with E-state index in [2.05, 4.69) is 393 Å². The van der Waals surface area contributed by atoms with Crippen LogP contribution < -0.4 is 0 Å². The van der Waals surface area contributed by atoms with E-state index in [4.69, 9.17) is 0 Å². The van der Waals surface area contributed by atoms with Crippen molar-refractivity contribution >= 4 is 101 Å². The van der Waals surface area contributed by atoms with E-state index in [1.54, 1.807) is 0 Å². The first kappa shape index (κ1) is 74.5. The Morgan fingerprint density at radius 1 is 0.153 bits per heavy atom. The zero-order valence-corrected chi connectivity index (χ0v) is 60.5. The van der Waals surface area contributed by atoms with E-state index < -0.39 is 0 Å². The Balaban J connectivity index is 0.000000170. The summed E-state index contributed by atoms with van der Waals surface area (Å²) < 4.78 is 0. The van der Waals surface area contributed by atoms with Crippen LogP contribution in [0.2, 0.25) is 0 Å². The summed E-state index contributed by atoms with van der Waals surface area (Å²) in [7, 11) is 0. The summed E-state index contributed by atoms with van der Waals surface area (Å²) in [5.41, 5.74) is 17.8. The lowest BCUT2D eigenvalue weighted by Gasteiger charge is -2.10. The van der Waals surface area contributed by atoms with Crippen molar-refractivity contribution in [3.05, 3.63) is 382 Å². The van der Waals surface area contributed by atoms with Gasteiger partial charge < -0.3 is 0 Å². The summed E-state index contributed by atoms with van der Waals surface area (Å²) in [5, 5.41) is 15.8. The quantitative estimate of drug-likeness (QED) is 0.0848. The van der Waals surface area contributed by atoms with Gasteiger partial charge in [0.05, 0.1) is 0 Å². The van der Waals surface area contributed by atoms with Crippen molar-refractivity contribution in [1.82, 2.24) is 0 Å². The fourth-order valence-corrected chi connectivity index (χ4v) is 11.1. The third kappa shape index (κ3) is 22.1. The molecule has 15 aromatic rings. The molecular weight excluding hydrogens is 1180 g/mol. The van der Waals surface area contributed by atoms with Gasteiger partial charge >= 0.3 is 0 Å². The molecule has 0 unspecified atom stereocenters. The summed E-state index contributed by atoms with van der Waals surface area (Å²) >= 11 is 0. The fraction of sp³-hybridized carbons (Fsp3) is 0.143. The van der Waals surface area contributed by atoms with Crippen LogP contribution in [0.1, 0.15) is 122 Å². The first-order valence-corrected chi connectivity index (χ1v) is 35.2. The van der Waals surface area contributed by atoms with Gasteiger partial charge in [-0.25, -0.2) is 0 Å². The van der Waals surface area contributed by atoms with Crippen LogP contribution in [0.15, 0.2) is 315 Å². The highest BCUT2D eigenvalue weighted by Gasteiger charge is 2.07. The Morgan fingerprint density at radius 3 is 0.633 bits per heavy atom. The van der Waals surface area contributed by atoms with Crippen LogP contribution in [-0.2, 0) is 0 Å². The Bertz CT molecular complexity index is 4610. The predicted molar refractivity (Wildman–Crippen MR) is 443 cm³/mol. The maximum atomic E-state index is 2.27. The number of hydrogen-bond acceptors (Lipinski definition) is 0. The van der Waals surface area contributed by atoms with Crippen LogP contribution >= 0.6 is 0 Å². The molecule has 15 rings (SSSR count). The highest BCUT2D eigenvalue weighted by atomic mass is 14.1. The molecule has 0 spiro atoms. The molecule has 492 valence electrons. The Kier molecular flexibility index (Phi) is 30.3. The predicted octanol–water partition coefficient (Wildman–Crippen LogP) is 29.5. The molecule has 0 saturated heterocycles. The molecule has 0 bridgehead atoms. The molecule has 0 fully saturated rings. The van der Waals surface area contributed by atoms with E-state index in [0.717, 1.165) is 0 Å². The molecule has 0 aliphatic carbocycles. The van der Waals surface area contributed by atoms with E-state index in [1.165, 1.54) is 143 Å². The van der Waals surface area contributed by atoms with Crippen LogP contribution in [0, 0.1) is 41.5 Å². The molecule has 0 heteroatoms. The second kappa shape index (κ2) is 39.8. The van der Waals surface area contributed by atoms with Gasteiger partial charge in [0.15, 0.2) is 0 Å². The van der Waals surface area contributed by atoms with E-state index in [-0.39, 0.29) is 0 Å². The molecule has 0 atom stereocenters. The summed E-state index contributed by atoms with van der Waals surface area (Å²) in [6, 6.07) is 112. The lowest BCUT2D eigenvalue weighted by molar-refractivity contribution is 1.46. The molecule has 15 aromatic carbocycles. The van der Waals surface area contributed by atoms with Crippen LogP contribution in [0.5, 0.6) is 0 Å². The maximum Gasteiger partial charge on any atom is -0.00992 e. The maximum absolute atomic E-state index is 2.27. The van der Waals surface area contributed by atoms with Gasteiger partial charge in [0.1, 0.15) is 0 Å². The number of hydrogen-bond donors (Lipinski definition) is 0. The monoisotopic (exact) mass is 1280 g/mol. The van der Waals surface area contributed by atoms with Crippen molar-refractivity contribution in [2.45, 2.75) is 96.9 Å². The van der Waals surface area contributed by atoms with E-state index in [9.17, 15) is 0 Å². The standard InChI is InChI=1S/C24H22.C20H14.C16H14.C16H16.C14H10.4C2H6/c1-19-3-7-21(8-4-19)11-13-23-15-17-24(18-16-23)14-12-22-9-5-20(2)6-10-22;1-3-11-17-15(7-1)9-5-13-19(17)20-14-6-10-16-8-2-4-12-18(16)20;1-11-3-5-13-10-16-8-12(2)4-6-14(16)9-15(13)7-11;1-13-3-7-15(8-4-13)11-12-16-9-5-14(2)6-10-16;1-3-7-13-11(5-1)9-10-12-6-2-4-8-14(12)13;4*1-2/h3-18H,1-2H3;1-14H;3-10H,1-2H3;3-12H,1-2H3;1-10H;4*1-2H3/b13-11+,14-12+;;;12-11+;;;;;. The highest BCUT2D eigenvalue weighted by Crippen LogP contribution is 2.34. The van der Waals surface area contributed by atoms with Gasteiger partial charge in [-0.1, -0.05) is 429 Å². The Hall–Kier alpha value is -10.9. The minimum absolute atomic E-state index is 1.21. The lowest BCUT2D eigenvalue weighted by atomic mass is 9.94. The average Bonchev–Trinajstić information content (AvgIpc) is 0.797. The number of fused-ring (bicyclic) bond motifs is 7. The minimum Gasteiger partial charge on any atom is -0.0683 e. The summed E-state index contributed by atoms with van der Waals surface area (Å²) in [4.78, 5) is 0. The first-order valence-electron chi connectivity index (χ1n) is 35.2. The van der Waals surface area contributed by atoms with Crippen molar-refractivity contribution in [3.8, 4) is 11.1 Å². The van der Waals surface area contributed by atoms with Crippen LogP contribution in [0.4, 0.5) is 0 Å². The van der Waals surface area contributed by atoms with Gasteiger partial charge in [0.25, 0.3) is 0 Å². The van der Waals surface area contributed by atoms with Crippen molar-refractivity contribution in [3.63, 3.8) is 0 Å². The molecule has 0 radical (unpaired) electrons. The summed E-state index contributed by atoms with van der Waals surface area (Å²) in [6.07, 6.45) is 12.9. The van der Waals surface area contributed by atoms with Gasteiger partial charge in [-0.3, -0.25) is 0 Å². The lowest BCUT2D eigenvalue weighted by Crippen LogP contribution is -1.83. The molecule has 0 saturated carbocycles. The SMILES string of the molecule is CC.CC.CC.CC.Cc1ccc(/C=C/c2ccc(/C=C/c3ccc(C)cc3)cc2)cc1.Cc1ccc(/C=C/c2ccc(C)cc2)cc1.Cc1ccc2cc3cc(C)ccc3cc2c1.c1ccc2c(-c3cccc4ccccc34)cccc2c1.c1ccc2c(c1)ccc1ccccc12. The van der Waals surface area contributed by atoms with E-state index >= 15 is 0 Å². The zero-order chi connectivity index (χ0) is 70.0. The van der Waals surface area contributed by atoms with Gasteiger partial charge in [0, 0.05) is 0 Å². The minimum atomic E-state index is 1.21. The van der Waals surface area contributed by atoms with Crippen LogP contribution in [-0.4, -0.2) is 0 Å². The molecule has 0 nitrogen and oxygen atoms in total.